The number of hydrogen-bond acceptors (Lipinski definition) is 1. The zero-order valence-corrected chi connectivity index (χ0v) is 13.7. The number of rotatable bonds is 4. The molecular formula is C23H18O2. The molecule has 0 fully saturated rings. The van der Waals surface area contributed by atoms with Gasteiger partial charge in [0.05, 0.1) is 5.92 Å². The van der Waals surface area contributed by atoms with Gasteiger partial charge in [-0.2, -0.15) is 0 Å². The third kappa shape index (κ3) is 2.87. The number of carbonyl (C=O) groups is 1. The van der Waals surface area contributed by atoms with E-state index in [9.17, 15) is 9.90 Å². The van der Waals surface area contributed by atoms with E-state index in [0.29, 0.717) is 6.42 Å². The van der Waals surface area contributed by atoms with E-state index in [1.165, 1.54) is 0 Å². The molecule has 0 bridgehead atoms. The lowest BCUT2D eigenvalue weighted by atomic mass is 9.87. The Labute approximate surface area is 146 Å². The molecule has 0 saturated heterocycles. The predicted molar refractivity (Wildman–Crippen MR) is 102 cm³/mol. The molecule has 1 unspecified atom stereocenters. The second-order valence-corrected chi connectivity index (χ2v) is 6.30. The van der Waals surface area contributed by atoms with Gasteiger partial charge in [-0.1, -0.05) is 84.9 Å². The zero-order chi connectivity index (χ0) is 17.2. The van der Waals surface area contributed by atoms with Crippen molar-refractivity contribution >= 4 is 27.5 Å². The molecule has 4 rings (SSSR count). The van der Waals surface area contributed by atoms with Gasteiger partial charge in [0.1, 0.15) is 0 Å². The molecule has 0 radical (unpaired) electrons. The van der Waals surface area contributed by atoms with E-state index in [-0.39, 0.29) is 0 Å². The molecule has 1 N–H and O–H groups in total. The second-order valence-electron chi connectivity index (χ2n) is 6.30. The van der Waals surface area contributed by atoms with Crippen LogP contribution in [0, 0.1) is 0 Å². The highest BCUT2D eigenvalue weighted by Crippen LogP contribution is 2.31. The molecule has 0 aliphatic rings. The van der Waals surface area contributed by atoms with E-state index >= 15 is 0 Å². The van der Waals surface area contributed by atoms with Gasteiger partial charge in [-0.05, 0) is 39.1 Å². The minimum atomic E-state index is -0.788. The van der Waals surface area contributed by atoms with E-state index < -0.39 is 11.9 Å². The lowest BCUT2D eigenvalue weighted by Crippen LogP contribution is -2.15. The summed E-state index contributed by atoms with van der Waals surface area (Å²) in [5.74, 6) is -1.36. The summed E-state index contributed by atoms with van der Waals surface area (Å²) >= 11 is 0. The molecule has 0 amide bonds. The quantitative estimate of drug-likeness (QED) is 0.545. The van der Waals surface area contributed by atoms with E-state index in [1.807, 2.05) is 66.7 Å². The Kier molecular flexibility index (Phi) is 3.95. The smallest absolute Gasteiger partial charge is 0.311 e. The molecule has 122 valence electrons. The van der Waals surface area contributed by atoms with Crippen molar-refractivity contribution in [2.24, 2.45) is 0 Å². The third-order valence-electron chi connectivity index (χ3n) is 4.80. The Morgan fingerprint density at radius 3 is 2.00 bits per heavy atom. The molecule has 4 aromatic carbocycles. The molecule has 0 aromatic heterocycles. The largest absolute Gasteiger partial charge is 0.481 e. The van der Waals surface area contributed by atoms with Gasteiger partial charge < -0.3 is 5.11 Å². The fourth-order valence-electron chi connectivity index (χ4n) is 3.58. The number of carboxylic acids is 1. The third-order valence-corrected chi connectivity index (χ3v) is 4.80. The van der Waals surface area contributed by atoms with Crippen LogP contribution in [0.2, 0.25) is 0 Å². The summed E-state index contributed by atoms with van der Waals surface area (Å²) in [6.45, 7) is 0. The van der Waals surface area contributed by atoms with Crippen molar-refractivity contribution in [3.63, 3.8) is 0 Å². The van der Waals surface area contributed by atoms with Gasteiger partial charge in [0.2, 0.25) is 0 Å². The highest BCUT2D eigenvalue weighted by molar-refractivity contribution is 5.92. The maximum Gasteiger partial charge on any atom is 0.311 e. The van der Waals surface area contributed by atoms with E-state index in [2.05, 4.69) is 18.2 Å². The minimum Gasteiger partial charge on any atom is -0.481 e. The zero-order valence-electron chi connectivity index (χ0n) is 13.7. The van der Waals surface area contributed by atoms with Crippen LogP contribution in [-0.4, -0.2) is 11.1 Å². The molecule has 4 aromatic rings. The summed E-state index contributed by atoms with van der Waals surface area (Å²) in [4.78, 5) is 12.1. The molecule has 0 saturated carbocycles. The topological polar surface area (TPSA) is 37.3 Å². The van der Waals surface area contributed by atoms with Gasteiger partial charge in [-0.25, -0.2) is 0 Å². The number of aliphatic carboxylic acids is 1. The molecule has 0 aliphatic heterocycles. The summed E-state index contributed by atoms with van der Waals surface area (Å²) in [5, 5.41) is 14.3. The predicted octanol–water partition coefficient (Wildman–Crippen LogP) is 5.40. The van der Waals surface area contributed by atoms with Crippen LogP contribution >= 0.6 is 0 Å². The summed E-state index contributed by atoms with van der Waals surface area (Å²) in [6, 6.07) is 28.1. The van der Waals surface area contributed by atoms with Crippen molar-refractivity contribution in [3.8, 4) is 0 Å². The van der Waals surface area contributed by atoms with E-state index in [1.54, 1.807) is 0 Å². The fraction of sp³-hybridized carbons (Fsp3) is 0.0870. The van der Waals surface area contributed by atoms with Gasteiger partial charge in [0.15, 0.2) is 0 Å². The lowest BCUT2D eigenvalue weighted by Gasteiger charge is -2.17. The monoisotopic (exact) mass is 326 g/mol. The Balaban J connectivity index is 1.83. The molecule has 0 aliphatic carbocycles. The molecular weight excluding hydrogens is 308 g/mol. The number of hydrogen-bond donors (Lipinski definition) is 1. The Hall–Kier alpha value is -3.13. The Morgan fingerprint density at radius 1 is 0.720 bits per heavy atom. The first-order valence-electron chi connectivity index (χ1n) is 8.41. The maximum absolute atomic E-state index is 12.1. The maximum atomic E-state index is 12.1. The van der Waals surface area contributed by atoms with Crippen LogP contribution in [0.3, 0.4) is 0 Å². The normalized spacial score (nSPS) is 12.3. The van der Waals surface area contributed by atoms with Gasteiger partial charge in [-0.3, -0.25) is 4.79 Å². The van der Waals surface area contributed by atoms with Crippen LogP contribution in [0.5, 0.6) is 0 Å². The first kappa shape index (κ1) is 15.4. The van der Waals surface area contributed by atoms with Gasteiger partial charge in [-0.15, -0.1) is 0 Å². The summed E-state index contributed by atoms with van der Waals surface area (Å²) < 4.78 is 0. The van der Waals surface area contributed by atoms with Crippen LogP contribution in [0.15, 0.2) is 84.9 Å². The number of benzene rings is 4. The summed E-state index contributed by atoms with van der Waals surface area (Å²) in [7, 11) is 0. The van der Waals surface area contributed by atoms with Crippen molar-refractivity contribution < 1.29 is 9.90 Å². The molecule has 0 spiro atoms. The van der Waals surface area contributed by atoms with Gasteiger partial charge in [0, 0.05) is 0 Å². The summed E-state index contributed by atoms with van der Waals surface area (Å²) in [5.41, 5.74) is 1.94. The number of carboxylic acid groups (broad SMARTS) is 1. The first-order valence-corrected chi connectivity index (χ1v) is 8.41. The fourth-order valence-corrected chi connectivity index (χ4v) is 3.58. The average molecular weight is 326 g/mol. The molecule has 2 heteroatoms. The number of fused-ring (bicyclic) bond motifs is 2. The lowest BCUT2D eigenvalue weighted by molar-refractivity contribution is -0.138. The molecule has 1 atom stereocenters. The van der Waals surface area contributed by atoms with E-state index in [4.69, 9.17) is 0 Å². The first-order chi connectivity index (χ1) is 12.2. The molecule has 0 heterocycles. The van der Waals surface area contributed by atoms with Crippen molar-refractivity contribution in [2.75, 3.05) is 0 Å². The van der Waals surface area contributed by atoms with Crippen molar-refractivity contribution in [2.45, 2.75) is 12.3 Å². The molecule has 2 nitrogen and oxygen atoms in total. The van der Waals surface area contributed by atoms with E-state index in [0.717, 1.165) is 32.7 Å². The van der Waals surface area contributed by atoms with Crippen LogP contribution in [0.4, 0.5) is 0 Å². The van der Waals surface area contributed by atoms with Crippen LogP contribution in [0.1, 0.15) is 17.0 Å². The van der Waals surface area contributed by atoms with Crippen LogP contribution < -0.4 is 0 Å². The second kappa shape index (κ2) is 6.40. The van der Waals surface area contributed by atoms with Gasteiger partial charge >= 0.3 is 5.97 Å². The van der Waals surface area contributed by atoms with Crippen LogP contribution in [0.25, 0.3) is 21.5 Å². The highest BCUT2D eigenvalue weighted by atomic mass is 16.4. The Morgan fingerprint density at radius 2 is 1.28 bits per heavy atom. The molecule has 25 heavy (non-hydrogen) atoms. The standard InChI is InChI=1S/C23H18O2/c24-23(25)22(21-14-6-10-17-8-2-4-13-20(17)21)15-18-11-5-9-16-7-1-3-12-19(16)18/h1-14,22H,15H2,(H,24,25). The average Bonchev–Trinajstić information content (AvgIpc) is 2.65. The SMILES string of the molecule is O=C(O)C(Cc1cccc2ccccc12)c1cccc2ccccc12. The Bertz CT molecular complexity index is 1060. The summed E-state index contributed by atoms with van der Waals surface area (Å²) in [6.07, 6.45) is 0.477. The van der Waals surface area contributed by atoms with Gasteiger partial charge in [0.25, 0.3) is 0 Å². The van der Waals surface area contributed by atoms with Crippen LogP contribution in [-0.2, 0) is 11.2 Å². The van der Waals surface area contributed by atoms with Crippen molar-refractivity contribution in [3.05, 3.63) is 96.1 Å². The van der Waals surface area contributed by atoms with Crippen molar-refractivity contribution in [1.82, 2.24) is 0 Å². The highest BCUT2D eigenvalue weighted by Gasteiger charge is 2.23. The minimum absolute atomic E-state index is 0.477. The van der Waals surface area contributed by atoms with Crippen molar-refractivity contribution in [1.29, 1.82) is 0 Å².